The van der Waals surface area contributed by atoms with Crippen molar-refractivity contribution in [2.75, 3.05) is 18.6 Å². The summed E-state index contributed by atoms with van der Waals surface area (Å²) in [5, 5.41) is 21.5. The molecule has 3 aromatic rings. The highest BCUT2D eigenvalue weighted by atomic mass is 35.5. The van der Waals surface area contributed by atoms with Gasteiger partial charge in [-0.2, -0.15) is 0 Å². The van der Waals surface area contributed by atoms with Crippen molar-refractivity contribution in [3.63, 3.8) is 0 Å². The van der Waals surface area contributed by atoms with E-state index in [9.17, 15) is 24.2 Å². The molecule has 3 aromatic carbocycles. The first kappa shape index (κ1) is 26.0. The fraction of sp³-hybridized carbons (Fsp3) is 0.214. The summed E-state index contributed by atoms with van der Waals surface area (Å²) in [4.78, 5) is 28.0. The minimum absolute atomic E-state index is 0.131. The second-order valence-corrected chi connectivity index (χ2v) is 9.00. The third-order valence-electron chi connectivity index (χ3n) is 6.10. The number of carbonyl (C=O) groups is 2. The van der Waals surface area contributed by atoms with Crippen molar-refractivity contribution in [1.82, 2.24) is 0 Å². The summed E-state index contributed by atoms with van der Waals surface area (Å²) in [5.41, 5.74) is 2.08. The Bertz CT molecular complexity index is 1450. The molecule has 1 heterocycles. The first-order valence-electron chi connectivity index (χ1n) is 11.5. The summed E-state index contributed by atoms with van der Waals surface area (Å²) in [6.07, 6.45) is 0. The lowest BCUT2D eigenvalue weighted by Gasteiger charge is -2.26. The van der Waals surface area contributed by atoms with E-state index in [1.54, 1.807) is 19.9 Å². The first-order chi connectivity index (χ1) is 17.6. The molecule has 1 atom stereocenters. The standard InChI is InChI=1S/C28H25ClFNO6/c1-5-37-22-12-16(6-9-21(22)32)24-23(25(33)18-11-14(2)10-15(3)27(18)36-4)26(34)28(35)31(24)17-7-8-20(30)19(29)13-17/h6-13,24,32-33H,5H2,1-4H3/b25-23+. The van der Waals surface area contributed by atoms with E-state index >= 15 is 0 Å². The normalized spacial score (nSPS) is 16.8. The van der Waals surface area contributed by atoms with Gasteiger partial charge in [0.15, 0.2) is 11.5 Å². The van der Waals surface area contributed by atoms with E-state index in [0.29, 0.717) is 11.3 Å². The van der Waals surface area contributed by atoms with E-state index < -0.39 is 29.3 Å². The summed E-state index contributed by atoms with van der Waals surface area (Å²) in [6.45, 7) is 5.62. The summed E-state index contributed by atoms with van der Waals surface area (Å²) in [7, 11) is 1.44. The number of rotatable bonds is 6. The number of hydrogen-bond donors (Lipinski definition) is 2. The number of hydrogen-bond acceptors (Lipinski definition) is 6. The maximum atomic E-state index is 13.9. The van der Waals surface area contributed by atoms with Crippen LogP contribution in [0.4, 0.5) is 10.1 Å². The number of aromatic hydroxyl groups is 1. The van der Waals surface area contributed by atoms with Gasteiger partial charge >= 0.3 is 0 Å². The molecule has 1 aliphatic heterocycles. The van der Waals surface area contributed by atoms with Crippen molar-refractivity contribution in [3.8, 4) is 17.2 Å². The Hall–Kier alpha value is -4.04. The van der Waals surface area contributed by atoms with Gasteiger partial charge < -0.3 is 19.7 Å². The van der Waals surface area contributed by atoms with Crippen LogP contribution in [0, 0.1) is 19.7 Å². The molecule has 9 heteroatoms. The van der Waals surface area contributed by atoms with Gasteiger partial charge in [0.25, 0.3) is 11.7 Å². The second kappa shape index (κ2) is 10.1. The highest BCUT2D eigenvalue weighted by Gasteiger charge is 2.47. The van der Waals surface area contributed by atoms with Crippen molar-refractivity contribution in [2.24, 2.45) is 0 Å². The lowest BCUT2D eigenvalue weighted by molar-refractivity contribution is -0.132. The lowest BCUT2D eigenvalue weighted by atomic mass is 9.93. The highest BCUT2D eigenvalue weighted by Crippen LogP contribution is 2.45. The number of Topliss-reactive ketones (excluding diaryl/α,β-unsaturated/α-hetero) is 1. The van der Waals surface area contributed by atoms with Crippen molar-refractivity contribution < 1.29 is 33.7 Å². The molecular formula is C28H25ClFNO6. The number of carbonyl (C=O) groups excluding carboxylic acids is 2. The molecule has 1 saturated heterocycles. The molecule has 0 aliphatic carbocycles. The number of phenols is 1. The van der Waals surface area contributed by atoms with E-state index in [0.717, 1.165) is 22.1 Å². The second-order valence-electron chi connectivity index (χ2n) is 8.59. The van der Waals surface area contributed by atoms with Crippen molar-refractivity contribution in [1.29, 1.82) is 0 Å². The van der Waals surface area contributed by atoms with E-state index in [2.05, 4.69) is 0 Å². The Labute approximate surface area is 218 Å². The number of aryl methyl sites for hydroxylation is 2. The van der Waals surface area contributed by atoms with Crippen molar-refractivity contribution >= 4 is 34.7 Å². The number of aliphatic hydroxyl groups is 1. The van der Waals surface area contributed by atoms with Gasteiger partial charge in [-0.05, 0) is 73.9 Å². The number of nitrogens with zero attached hydrogens (tertiary/aromatic N) is 1. The van der Waals surface area contributed by atoms with Crippen LogP contribution in [-0.2, 0) is 9.59 Å². The monoisotopic (exact) mass is 525 g/mol. The average Bonchev–Trinajstić information content (AvgIpc) is 3.12. The molecule has 1 aliphatic rings. The number of amides is 1. The highest BCUT2D eigenvalue weighted by molar-refractivity contribution is 6.52. The number of methoxy groups -OCH3 is 1. The number of halogens is 2. The van der Waals surface area contributed by atoms with Crippen LogP contribution in [-0.4, -0.2) is 35.6 Å². The van der Waals surface area contributed by atoms with Crippen LogP contribution in [0.3, 0.4) is 0 Å². The van der Waals surface area contributed by atoms with Crippen LogP contribution >= 0.6 is 11.6 Å². The number of ether oxygens (including phenoxy) is 2. The zero-order valence-corrected chi connectivity index (χ0v) is 21.4. The number of anilines is 1. The van der Waals surface area contributed by atoms with E-state index in [1.165, 1.54) is 37.4 Å². The van der Waals surface area contributed by atoms with Gasteiger partial charge in [-0.3, -0.25) is 14.5 Å². The van der Waals surface area contributed by atoms with Crippen LogP contribution in [0.5, 0.6) is 17.2 Å². The zero-order chi connectivity index (χ0) is 27.0. The molecule has 1 unspecified atom stereocenters. The van der Waals surface area contributed by atoms with E-state index in [-0.39, 0.29) is 40.0 Å². The molecule has 0 saturated carbocycles. The van der Waals surface area contributed by atoms with Gasteiger partial charge in [0.05, 0.1) is 35.9 Å². The van der Waals surface area contributed by atoms with Crippen LogP contribution in [0.15, 0.2) is 54.1 Å². The fourth-order valence-electron chi connectivity index (χ4n) is 4.57. The first-order valence-corrected chi connectivity index (χ1v) is 11.8. The van der Waals surface area contributed by atoms with Gasteiger partial charge in [0, 0.05) is 5.69 Å². The molecule has 7 nitrogen and oxygen atoms in total. The molecule has 1 fully saturated rings. The quantitative estimate of drug-likeness (QED) is 0.238. The maximum absolute atomic E-state index is 13.9. The molecule has 192 valence electrons. The molecule has 37 heavy (non-hydrogen) atoms. The lowest BCUT2D eigenvalue weighted by Crippen LogP contribution is -2.29. The van der Waals surface area contributed by atoms with Crippen LogP contribution in [0.2, 0.25) is 5.02 Å². The molecule has 1 amide bonds. The predicted molar refractivity (Wildman–Crippen MR) is 138 cm³/mol. The molecule has 0 bridgehead atoms. The Kier molecular flexibility index (Phi) is 7.14. The topological polar surface area (TPSA) is 96.3 Å². The number of ketones is 1. The van der Waals surface area contributed by atoms with E-state index in [1.807, 2.05) is 13.0 Å². The molecule has 0 aromatic heterocycles. The summed E-state index contributed by atoms with van der Waals surface area (Å²) >= 11 is 6.00. The Balaban J connectivity index is 2.03. The maximum Gasteiger partial charge on any atom is 0.300 e. The average molecular weight is 526 g/mol. The predicted octanol–water partition coefficient (Wildman–Crippen LogP) is 5.84. The molecule has 0 spiro atoms. The van der Waals surface area contributed by atoms with Gasteiger partial charge in [0.1, 0.15) is 17.3 Å². The van der Waals surface area contributed by atoms with Crippen LogP contribution < -0.4 is 14.4 Å². The molecular weight excluding hydrogens is 501 g/mol. The molecule has 0 radical (unpaired) electrons. The van der Waals surface area contributed by atoms with Crippen molar-refractivity contribution in [3.05, 3.63) is 87.2 Å². The largest absolute Gasteiger partial charge is 0.507 e. The third kappa shape index (κ3) is 4.60. The Morgan fingerprint density at radius 1 is 1.11 bits per heavy atom. The molecule has 2 N–H and O–H groups in total. The Morgan fingerprint density at radius 3 is 2.49 bits per heavy atom. The smallest absolute Gasteiger partial charge is 0.300 e. The zero-order valence-electron chi connectivity index (χ0n) is 20.6. The fourth-order valence-corrected chi connectivity index (χ4v) is 4.74. The third-order valence-corrected chi connectivity index (χ3v) is 6.39. The molecule has 4 rings (SSSR count). The van der Waals surface area contributed by atoms with Crippen LogP contribution in [0.1, 0.15) is 35.2 Å². The summed E-state index contributed by atoms with van der Waals surface area (Å²) in [5.74, 6) is -2.68. The SMILES string of the molecule is CCOc1cc(C2/C(=C(\O)c3cc(C)cc(C)c3OC)C(=O)C(=O)N2c2ccc(F)c(Cl)c2)ccc1O. The van der Waals surface area contributed by atoms with Gasteiger partial charge in [-0.1, -0.05) is 23.7 Å². The van der Waals surface area contributed by atoms with Gasteiger partial charge in [-0.25, -0.2) is 4.39 Å². The number of benzene rings is 3. The number of aliphatic hydroxyl groups excluding tert-OH is 1. The van der Waals surface area contributed by atoms with Gasteiger partial charge in [0.2, 0.25) is 0 Å². The summed E-state index contributed by atoms with van der Waals surface area (Å²) in [6, 6.07) is 10.4. The minimum atomic E-state index is -1.15. The van der Waals surface area contributed by atoms with Crippen LogP contribution in [0.25, 0.3) is 5.76 Å². The van der Waals surface area contributed by atoms with E-state index in [4.69, 9.17) is 21.1 Å². The van der Waals surface area contributed by atoms with Crippen molar-refractivity contribution in [2.45, 2.75) is 26.8 Å². The minimum Gasteiger partial charge on any atom is -0.507 e. The summed E-state index contributed by atoms with van der Waals surface area (Å²) < 4.78 is 25.0. The Morgan fingerprint density at radius 2 is 1.84 bits per heavy atom. The number of phenolic OH excluding ortho intramolecular Hbond substituents is 1. The van der Waals surface area contributed by atoms with Gasteiger partial charge in [-0.15, -0.1) is 0 Å².